The van der Waals surface area contributed by atoms with E-state index < -0.39 is 16.9 Å². The molecule has 120 valence electrons. The van der Waals surface area contributed by atoms with Crippen molar-refractivity contribution in [2.75, 3.05) is 12.3 Å². The number of carbonyl (C=O) groups excluding carboxylic acids is 1. The zero-order valence-corrected chi connectivity index (χ0v) is 12.5. The van der Waals surface area contributed by atoms with Crippen molar-refractivity contribution in [3.05, 3.63) is 69.3 Å². The average molecular weight is 315 g/mol. The molecule has 4 N–H and O–H groups in total. The molecule has 0 saturated heterocycles. The van der Waals surface area contributed by atoms with Crippen LogP contribution in [0.4, 0.5) is 11.4 Å². The van der Waals surface area contributed by atoms with Gasteiger partial charge >= 0.3 is 0 Å². The van der Waals surface area contributed by atoms with Crippen LogP contribution in [0.5, 0.6) is 0 Å². The maximum atomic E-state index is 12.0. The SMILES string of the molecule is Cc1ccc([C@H](O)CNC(=O)c2ccc(N)c([N+](=O)[O-])c2)cc1. The Morgan fingerprint density at radius 1 is 1.30 bits per heavy atom. The third kappa shape index (κ3) is 4.04. The van der Waals surface area contributed by atoms with Gasteiger partial charge in [-0.2, -0.15) is 0 Å². The van der Waals surface area contributed by atoms with E-state index in [-0.39, 0.29) is 23.5 Å². The molecule has 7 heteroatoms. The number of nitro groups is 1. The number of aryl methyl sites for hydroxylation is 1. The highest BCUT2D eigenvalue weighted by molar-refractivity contribution is 5.95. The maximum Gasteiger partial charge on any atom is 0.292 e. The highest BCUT2D eigenvalue weighted by Gasteiger charge is 2.16. The van der Waals surface area contributed by atoms with E-state index in [1.54, 1.807) is 12.1 Å². The van der Waals surface area contributed by atoms with Crippen LogP contribution in [0.15, 0.2) is 42.5 Å². The second kappa shape index (κ2) is 6.89. The van der Waals surface area contributed by atoms with Crippen LogP contribution in [-0.2, 0) is 0 Å². The van der Waals surface area contributed by atoms with E-state index in [1.165, 1.54) is 12.1 Å². The van der Waals surface area contributed by atoms with Gasteiger partial charge in [0.05, 0.1) is 11.0 Å². The van der Waals surface area contributed by atoms with Crippen molar-refractivity contribution < 1.29 is 14.8 Å². The Hall–Kier alpha value is -2.93. The molecular formula is C16H17N3O4. The molecule has 1 atom stereocenters. The van der Waals surface area contributed by atoms with E-state index >= 15 is 0 Å². The molecule has 0 aliphatic rings. The van der Waals surface area contributed by atoms with Crippen LogP contribution < -0.4 is 11.1 Å². The van der Waals surface area contributed by atoms with Gasteiger partial charge in [0.1, 0.15) is 5.69 Å². The Morgan fingerprint density at radius 2 is 1.96 bits per heavy atom. The minimum atomic E-state index is -0.858. The topological polar surface area (TPSA) is 118 Å². The fourth-order valence-electron chi connectivity index (χ4n) is 2.04. The number of nitro benzene ring substituents is 1. The van der Waals surface area contributed by atoms with E-state index in [4.69, 9.17) is 5.73 Å². The summed E-state index contributed by atoms with van der Waals surface area (Å²) in [5, 5.41) is 23.4. The van der Waals surface area contributed by atoms with Gasteiger partial charge in [0.2, 0.25) is 0 Å². The number of carbonyl (C=O) groups is 1. The summed E-state index contributed by atoms with van der Waals surface area (Å²) < 4.78 is 0. The molecule has 0 aliphatic heterocycles. The van der Waals surface area contributed by atoms with Crippen LogP contribution in [0.3, 0.4) is 0 Å². The molecule has 2 aromatic rings. The number of benzene rings is 2. The molecular weight excluding hydrogens is 298 g/mol. The number of nitrogens with two attached hydrogens (primary N) is 1. The standard InChI is InChI=1S/C16H17N3O4/c1-10-2-4-11(5-3-10)15(20)9-18-16(21)12-6-7-13(17)14(8-12)19(22)23/h2-8,15,20H,9,17H2,1H3,(H,18,21)/t15-/m1/s1. The smallest absolute Gasteiger partial charge is 0.292 e. The number of aliphatic hydroxyl groups is 1. The molecule has 0 aromatic heterocycles. The third-order valence-electron chi connectivity index (χ3n) is 3.41. The molecule has 0 aliphatic carbocycles. The number of nitrogens with zero attached hydrogens (tertiary/aromatic N) is 1. The number of aliphatic hydroxyl groups excluding tert-OH is 1. The van der Waals surface area contributed by atoms with Gasteiger partial charge in [-0.1, -0.05) is 29.8 Å². The highest BCUT2D eigenvalue weighted by atomic mass is 16.6. The third-order valence-corrected chi connectivity index (χ3v) is 3.41. The first kappa shape index (κ1) is 16.4. The first-order chi connectivity index (χ1) is 10.9. The lowest BCUT2D eigenvalue weighted by Gasteiger charge is -2.12. The predicted molar refractivity (Wildman–Crippen MR) is 86.0 cm³/mol. The lowest BCUT2D eigenvalue weighted by Crippen LogP contribution is -2.28. The van der Waals surface area contributed by atoms with E-state index in [0.29, 0.717) is 5.56 Å². The monoisotopic (exact) mass is 315 g/mol. The first-order valence-electron chi connectivity index (χ1n) is 6.95. The van der Waals surface area contributed by atoms with E-state index in [1.807, 2.05) is 19.1 Å². The van der Waals surface area contributed by atoms with Crippen molar-refractivity contribution in [3.63, 3.8) is 0 Å². The molecule has 0 saturated carbocycles. The summed E-state index contributed by atoms with van der Waals surface area (Å²) >= 11 is 0. The summed E-state index contributed by atoms with van der Waals surface area (Å²) in [7, 11) is 0. The van der Waals surface area contributed by atoms with Gasteiger partial charge in [0.25, 0.3) is 11.6 Å². The summed E-state index contributed by atoms with van der Waals surface area (Å²) in [5.41, 5.74) is 7.02. The summed E-state index contributed by atoms with van der Waals surface area (Å²) in [6.07, 6.45) is -0.858. The number of rotatable bonds is 5. The van der Waals surface area contributed by atoms with Crippen LogP contribution in [0.2, 0.25) is 0 Å². The zero-order chi connectivity index (χ0) is 17.0. The molecule has 0 radical (unpaired) electrons. The number of amides is 1. The van der Waals surface area contributed by atoms with Crippen LogP contribution in [0.25, 0.3) is 0 Å². The van der Waals surface area contributed by atoms with Gasteiger partial charge in [-0.15, -0.1) is 0 Å². The molecule has 1 amide bonds. The lowest BCUT2D eigenvalue weighted by atomic mass is 10.1. The summed E-state index contributed by atoms with van der Waals surface area (Å²) in [6.45, 7) is 1.94. The van der Waals surface area contributed by atoms with E-state index in [0.717, 1.165) is 11.6 Å². The molecule has 23 heavy (non-hydrogen) atoms. The Kier molecular flexibility index (Phi) is 4.92. The quantitative estimate of drug-likeness (QED) is 0.442. The number of nitrogens with one attached hydrogen (secondary N) is 1. The van der Waals surface area contributed by atoms with Crippen molar-refractivity contribution >= 4 is 17.3 Å². The lowest BCUT2D eigenvalue weighted by molar-refractivity contribution is -0.383. The normalized spacial score (nSPS) is 11.7. The van der Waals surface area contributed by atoms with Crippen LogP contribution in [0.1, 0.15) is 27.6 Å². The molecule has 7 nitrogen and oxygen atoms in total. The Labute approximate surface area is 132 Å². The molecule has 2 aromatic carbocycles. The Balaban J connectivity index is 2.03. The van der Waals surface area contributed by atoms with Crippen molar-refractivity contribution in [2.24, 2.45) is 0 Å². The van der Waals surface area contributed by atoms with Gasteiger partial charge in [0, 0.05) is 18.2 Å². The van der Waals surface area contributed by atoms with Gasteiger partial charge in [-0.25, -0.2) is 0 Å². The second-order valence-corrected chi connectivity index (χ2v) is 5.17. The average Bonchev–Trinajstić information content (AvgIpc) is 2.53. The van der Waals surface area contributed by atoms with Gasteiger partial charge < -0.3 is 16.2 Å². The van der Waals surface area contributed by atoms with Crippen molar-refractivity contribution in [3.8, 4) is 0 Å². The minimum Gasteiger partial charge on any atom is -0.393 e. The largest absolute Gasteiger partial charge is 0.393 e. The van der Waals surface area contributed by atoms with Crippen LogP contribution >= 0.6 is 0 Å². The Morgan fingerprint density at radius 3 is 2.57 bits per heavy atom. The first-order valence-corrected chi connectivity index (χ1v) is 6.95. The number of nitrogen functional groups attached to an aromatic ring is 1. The Bertz CT molecular complexity index is 729. The fourth-order valence-corrected chi connectivity index (χ4v) is 2.04. The van der Waals surface area contributed by atoms with Crippen LogP contribution in [-0.4, -0.2) is 22.5 Å². The molecule has 0 bridgehead atoms. The van der Waals surface area contributed by atoms with Crippen molar-refractivity contribution in [1.82, 2.24) is 5.32 Å². The zero-order valence-electron chi connectivity index (χ0n) is 12.5. The van der Waals surface area contributed by atoms with Crippen molar-refractivity contribution in [1.29, 1.82) is 0 Å². The molecule has 0 heterocycles. The number of hydrogen-bond acceptors (Lipinski definition) is 5. The van der Waals surface area contributed by atoms with Gasteiger partial charge in [-0.05, 0) is 24.6 Å². The van der Waals surface area contributed by atoms with Gasteiger partial charge in [-0.3, -0.25) is 14.9 Å². The molecule has 2 rings (SSSR count). The number of anilines is 1. The summed E-state index contributed by atoms with van der Waals surface area (Å²) in [4.78, 5) is 22.2. The van der Waals surface area contributed by atoms with Crippen molar-refractivity contribution in [2.45, 2.75) is 13.0 Å². The minimum absolute atomic E-state index is 0.0000678. The van der Waals surface area contributed by atoms with Gasteiger partial charge in [0.15, 0.2) is 0 Å². The highest BCUT2D eigenvalue weighted by Crippen LogP contribution is 2.22. The second-order valence-electron chi connectivity index (χ2n) is 5.17. The predicted octanol–water partition coefficient (Wildman–Crippen LogP) is 1.95. The maximum absolute atomic E-state index is 12.0. The molecule has 0 fully saturated rings. The van der Waals surface area contributed by atoms with Crippen LogP contribution in [0, 0.1) is 17.0 Å². The summed E-state index contributed by atoms with van der Waals surface area (Å²) in [6, 6.07) is 11.1. The molecule has 0 unspecified atom stereocenters. The van der Waals surface area contributed by atoms with E-state index in [2.05, 4.69) is 5.32 Å². The molecule has 0 spiro atoms. The van der Waals surface area contributed by atoms with E-state index in [9.17, 15) is 20.0 Å². The number of hydrogen-bond donors (Lipinski definition) is 3. The fraction of sp³-hybridized carbons (Fsp3) is 0.188. The summed E-state index contributed by atoms with van der Waals surface area (Å²) in [5.74, 6) is -0.515.